The number of aliphatic hydroxyl groups excluding tert-OH is 1. The van der Waals surface area contributed by atoms with E-state index in [1.54, 1.807) is 16.2 Å². The highest BCUT2D eigenvalue weighted by atomic mass is 32.1. The van der Waals surface area contributed by atoms with Gasteiger partial charge in [0.1, 0.15) is 17.0 Å². The first-order chi connectivity index (χ1) is 9.11. The largest absolute Gasteiger partial charge is 0.396 e. The second-order valence-electron chi connectivity index (χ2n) is 4.92. The van der Waals surface area contributed by atoms with Crippen molar-refractivity contribution in [2.24, 2.45) is 5.92 Å². The van der Waals surface area contributed by atoms with Gasteiger partial charge in [0.05, 0.1) is 5.39 Å². The number of nitrogens with zero attached hydrogens (tertiary/aromatic N) is 3. The van der Waals surface area contributed by atoms with Gasteiger partial charge < -0.3 is 5.11 Å². The molecule has 0 aliphatic carbocycles. The number of carbonyl (C=O) groups is 1. The number of hydrogen-bond acceptors (Lipinski definition) is 5. The number of aryl methyl sites for hydroxylation is 2. The molecule has 0 radical (unpaired) electrons. The Hall–Kier alpha value is -1.53. The summed E-state index contributed by atoms with van der Waals surface area (Å²) < 4.78 is 0. The first-order valence-corrected chi connectivity index (χ1v) is 7.05. The Kier molecular flexibility index (Phi) is 2.99. The molecule has 5 nitrogen and oxygen atoms in total. The summed E-state index contributed by atoms with van der Waals surface area (Å²) in [6, 6.07) is 0. The molecule has 6 heteroatoms. The molecule has 1 unspecified atom stereocenters. The van der Waals surface area contributed by atoms with Crippen LogP contribution in [0, 0.1) is 19.8 Å². The molecule has 0 spiro atoms. The first kappa shape index (κ1) is 12.5. The van der Waals surface area contributed by atoms with Crippen LogP contribution in [0.15, 0.2) is 6.33 Å². The minimum atomic E-state index is 0.0116. The molecule has 0 aromatic carbocycles. The minimum Gasteiger partial charge on any atom is -0.396 e. The molecule has 100 valence electrons. The summed E-state index contributed by atoms with van der Waals surface area (Å²) in [5.41, 5.74) is 1.14. The van der Waals surface area contributed by atoms with Crippen molar-refractivity contribution < 1.29 is 9.90 Å². The topological polar surface area (TPSA) is 66.3 Å². The third kappa shape index (κ3) is 1.91. The lowest BCUT2D eigenvalue weighted by atomic mass is 10.1. The third-order valence-corrected chi connectivity index (χ3v) is 4.78. The SMILES string of the molecule is Cc1sc2ncnc(N3CC(CO)CC3=O)c2c1C. The maximum Gasteiger partial charge on any atom is 0.228 e. The highest BCUT2D eigenvalue weighted by Crippen LogP contribution is 2.36. The Morgan fingerprint density at radius 1 is 1.47 bits per heavy atom. The normalized spacial score (nSPS) is 19.6. The Morgan fingerprint density at radius 2 is 2.26 bits per heavy atom. The molecule has 0 saturated carbocycles. The average Bonchev–Trinajstić information content (AvgIpc) is 2.91. The van der Waals surface area contributed by atoms with Crippen LogP contribution in [0.5, 0.6) is 0 Å². The fourth-order valence-corrected chi connectivity index (χ4v) is 3.47. The van der Waals surface area contributed by atoms with Crippen LogP contribution in [0.25, 0.3) is 10.2 Å². The number of thiophene rings is 1. The molecule has 2 aromatic rings. The van der Waals surface area contributed by atoms with Crippen LogP contribution in [-0.4, -0.2) is 34.1 Å². The molecule has 1 saturated heterocycles. The summed E-state index contributed by atoms with van der Waals surface area (Å²) in [7, 11) is 0. The average molecular weight is 277 g/mol. The van der Waals surface area contributed by atoms with E-state index < -0.39 is 0 Å². The maximum atomic E-state index is 12.1. The predicted molar refractivity (Wildman–Crippen MR) is 74.4 cm³/mol. The molecule has 1 amide bonds. The summed E-state index contributed by atoms with van der Waals surface area (Å²) in [5, 5.41) is 10.2. The van der Waals surface area contributed by atoms with Crippen molar-refractivity contribution in [2.45, 2.75) is 20.3 Å². The lowest BCUT2D eigenvalue weighted by Gasteiger charge is -2.16. The zero-order chi connectivity index (χ0) is 13.6. The molecule has 1 atom stereocenters. The number of aliphatic hydroxyl groups is 1. The van der Waals surface area contributed by atoms with Gasteiger partial charge in [0, 0.05) is 30.4 Å². The van der Waals surface area contributed by atoms with Crippen molar-refractivity contribution in [1.29, 1.82) is 0 Å². The van der Waals surface area contributed by atoms with Gasteiger partial charge in [-0.2, -0.15) is 0 Å². The van der Waals surface area contributed by atoms with E-state index in [1.165, 1.54) is 11.2 Å². The van der Waals surface area contributed by atoms with Crippen LogP contribution >= 0.6 is 11.3 Å². The number of rotatable bonds is 2. The first-order valence-electron chi connectivity index (χ1n) is 6.23. The van der Waals surface area contributed by atoms with Crippen molar-refractivity contribution >= 4 is 33.3 Å². The van der Waals surface area contributed by atoms with Crippen molar-refractivity contribution in [3.8, 4) is 0 Å². The molecule has 2 aromatic heterocycles. The molecular weight excluding hydrogens is 262 g/mol. The van der Waals surface area contributed by atoms with Crippen LogP contribution in [0.1, 0.15) is 16.9 Å². The van der Waals surface area contributed by atoms with Gasteiger partial charge in [-0.25, -0.2) is 9.97 Å². The number of hydrogen-bond donors (Lipinski definition) is 1. The van der Waals surface area contributed by atoms with Crippen LogP contribution < -0.4 is 4.90 Å². The van der Waals surface area contributed by atoms with Gasteiger partial charge in [-0.15, -0.1) is 11.3 Å². The Balaban J connectivity index is 2.13. The second-order valence-corrected chi connectivity index (χ2v) is 6.12. The predicted octanol–water partition coefficient (Wildman–Crippen LogP) is 1.65. The molecule has 3 heterocycles. The Bertz CT molecular complexity index is 653. The van der Waals surface area contributed by atoms with E-state index in [4.69, 9.17) is 0 Å². The van der Waals surface area contributed by atoms with E-state index in [1.807, 2.05) is 13.8 Å². The summed E-state index contributed by atoms with van der Waals surface area (Å²) in [6.07, 6.45) is 1.90. The van der Waals surface area contributed by atoms with Crippen molar-refractivity contribution in [2.75, 3.05) is 18.1 Å². The standard InChI is InChI=1S/C13H15N3O2S/c1-7-8(2)19-13-11(7)12(14-6-15-13)16-4-9(5-17)3-10(16)18/h6,9,17H,3-5H2,1-2H3. The van der Waals surface area contributed by atoms with E-state index in [0.717, 1.165) is 15.8 Å². The highest BCUT2D eigenvalue weighted by Gasteiger charge is 2.32. The highest BCUT2D eigenvalue weighted by molar-refractivity contribution is 7.18. The van der Waals surface area contributed by atoms with Crippen molar-refractivity contribution in [1.82, 2.24) is 9.97 Å². The minimum absolute atomic E-state index is 0.0116. The van der Waals surface area contributed by atoms with Gasteiger partial charge in [-0.1, -0.05) is 0 Å². The number of carbonyl (C=O) groups excluding carboxylic acids is 1. The Morgan fingerprint density at radius 3 is 2.95 bits per heavy atom. The summed E-state index contributed by atoms with van der Waals surface area (Å²) in [6.45, 7) is 4.66. The van der Waals surface area contributed by atoms with Gasteiger partial charge in [0.15, 0.2) is 0 Å². The molecule has 1 aliphatic rings. The number of fused-ring (bicyclic) bond motifs is 1. The van der Waals surface area contributed by atoms with Crippen LogP contribution in [0.4, 0.5) is 5.82 Å². The molecular formula is C13H15N3O2S. The quantitative estimate of drug-likeness (QED) is 0.906. The maximum absolute atomic E-state index is 12.1. The van der Waals surface area contributed by atoms with E-state index in [0.29, 0.717) is 18.8 Å². The van der Waals surface area contributed by atoms with Gasteiger partial charge >= 0.3 is 0 Å². The van der Waals surface area contributed by atoms with Crippen LogP contribution in [0.2, 0.25) is 0 Å². The van der Waals surface area contributed by atoms with Crippen LogP contribution in [-0.2, 0) is 4.79 Å². The Labute approximate surface area is 114 Å². The zero-order valence-electron chi connectivity index (χ0n) is 10.9. The van der Waals surface area contributed by atoms with Gasteiger partial charge in [-0.05, 0) is 19.4 Å². The number of aromatic nitrogens is 2. The summed E-state index contributed by atoms with van der Waals surface area (Å²) in [4.78, 5) is 24.4. The van der Waals surface area contributed by atoms with E-state index in [9.17, 15) is 9.90 Å². The number of amides is 1. The second kappa shape index (κ2) is 4.54. The fourth-order valence-electron chi connectivity index (χ4n) is 2.48. The van der Waals surface area contributed by atoms with Crippen molar-refractivity contribution in [3.63, 3.8) is 0 Å². The fraction of sp³-hybridized carbons (Fsp3) is 0.462. The van der Waals surface area contributed by atoms with Gasteiger partial charge in [0.2, 0.25) is 5.91 Å². The molecule has 1 fully saturated rings. The smallest absolute Gasteiger partial charge is 0.228 e. The third-order valence-electron chi connectivity index (χ3n) is 3.66. The van der Waals surface area contributed by atoms with E-state index >= 15 is 0 Å². The van der Waals surface area contributed by atoms with Crippen molar-refractivity contribution in [3.05, 3.63) is 16.8 Å². The monoisotopic (exact) mass is 277 g/mol. The van der Waals surface area contributed by atoms with E-state index in [-0.39, 0.29) is 18.4 Å². The summed E-state index contributed by atoms with van der Waals surface area (Å²) >= 11 is 1.62. The number of anilines is 1. The van der Waals surface area contributed by atoms with E-state index in [2.05, 4.69) is 9.97 Å². The zero-order valence-corrected chi connectivity index (χ0v) is 11.7. The lowest BCUT2D eigenvalue weighted by Crippen LogP contribution is -2.26. The molecule has 1 N–H and O–H groups in total. The molecule has 1 aliphatic heterocycles. The molecule has 19 heavy (non-hydrogen) atoms. The molecule has 3 rings (SSSR count). The molecule has 0 bridgehead atoms. The summed E-state index contributed by atoms with van der Waals surface area (Å²) in [5.74, 6) is 0.729. The van der Waals surface area contributed by atoms with Gasteiger partial charge in [0.25, 0.3) is 0 Å². The lowest BCUT2D eigenvalue weighted by molar-refractivity contribution is -0.117. The van der Waals surface area contributed by atoms with Gasteiger partial charge in [-0.3, -0.25) is 9.69 Å². The van der Waals surface area contributed by atoms with Crippen LogP contribution in [0.3, 0.4) is 0 Å².